The second kappa shape index (κ2) is 11.4. The number of rotatable bonds is 8. The Kier molecular flexibility index (Phi) is 8.21. The molecule has 6 nitrogen and oxygen atoms in total. The van der Waals surface area contributed by atoms with Crippen molar-refractivity contribution in [3.8, 4) is 0 Å². The number of anilines is 2. The standard InChI is InChI=1S/C28H32ClN3O3S/c1-21-6-13-26(14-7-21)36(34,35)32(27-15-10-24(29)18-22(27)2)20-28(33)30-19-23-8-11-25(12-9-23)31-16-4-3-5-17-31/h6-15,18H,3-5,16-17,19-20H2,1-2H3,(H,30,33). The van der Waals surface area contributed by atoms with Crippen LogP contribution in [-0.4, -0.2) is 34.0 Å². The largest absolute Gasteiger partial charge is 0.372 e. The highest BCUT2D eigenvalue weighted by Crippen LogP contribution is 2.29. The summed E-state index contributed by atoms with van der Waals surface area (Å²) < 4.78 is 28.3. The van der Waals surface area contributed by atoms with Crippen molar-refractivity contribution in [1.29, 1.82) is 0 Å². The first-order valence-corrected chi connectivity index (χ1v) is 14.0. The number of piperidine rings is 1. The minimum atomic E-state index is -3.98. The smallest absolute Gasteiger partial charge is 0.264 e. The fourth-order valence-electron chi connectivity index (χ4n) is 4.40. The Labute approximate surface area is 218 Å². The average Bonchev–Trinajstić information content (AvgIpc) is 2.87. The molecule has 0 atom stereocenters. The van der Waals surface area contributed by atoms with E-state index in [2.05, 4.69) is 22.3 Å². The first-order chi connectivity index (χ1) is 17.2. The zero-order chi connectivity index (χ0) is 25.7. The number of benzene rings is 3. The molecule has 0 aromatic heterocycles. The fraction of sp³-hybridized carbons (Fsp3) is 0.321. The quantitative estimate of drug-likeness (QED) is 0.424. The molecule has 0 aliphatic carbocycles. The van der Waals surface area contributed by atoms with Gasteiger partial charge in [-0.3, -0.25) is 9.10 Å². The van der Waals surface area contributed by atoms with E-state index in [9.17, 15) is 13.2 Å². The SMILES string of the molecule is Cc1ccc(S(=O)(=O)N(CC(=O)NCc2ccc(N3CCCCC3)cc2)c2ccc(Cl)cc2C)cc1. The highest BCUT2D eigenvalue weighted by atomic mass is 35.5. The van der Waals surface area contributed by atoms with Gasteiger partial charge in [0.05, 0.1) is 10.6 Å². The number of hydrogen-bond donors (Lipinski definition) is 1. The number of nitrogens with zero attached hydrogens (tertiary/aromatic N) is 2. The van der Waals surface area contributed by atoms with Crippen molar-refractivity contribution in [2.24, 2.45) is 0 Å². The molecule has 8 heteroatoms. The van der Waals surface area contributed by atoms with Crippen LogP contribution in [0.2, 0.25) is 5.02 Å². The Bertz CT molecular complexity index is 1300. The third-order valence-corrected chi connectivity index (χ3v) is 8.48. The molecule has 36 heavy (non-hydrogen) atoms. The van der Waals surface area contributed by atoms with Gasteiger partial charge in [-0.1, -0.05) is 41.4 Å². The molecule has 0 bridgehead atoms. The number of amides is 1. The van der Waals surface area contributed by atoms with Crippen LogP contribution in [0.4, 0.5) is 11.4 Å². The van der Waals surface area contributed by atoms with Crippen molar-refractivity contribution in [2.75, 3.05) is 28.8 Å². The van der Waals surface area contributed by atoms with E-state index in [1.807, 2.05) is 19.1 Å². The van der Waals surface area contributed by atoms with Gasteiger partial charge in [0.25, 0.3) is 10.0 Å². The van der Waals surface area contributed by atoms with Gasteiger partial charge in [-0.25, -0.2) is 8.42 Å². The molecular weight excluding hydrogens is 494 g/mol. The molecule has 1 aliphatic rings. The van der Waals surface area contributed by atoms with Crippen molar-refractivity contribution in [1.82, 2.24) is 5.32 Å². The lowest BCUT2D eigenvalue weighted by Gasteiger charge is -2.29. The molecule has 1 fully saturated rings. The van der Waals surface area contributed by atoms with Crippen molar-refractivity contribution in [3.63, 3.8) is 0 Å². The molecule has 0 spiro atoms. The van der Waals surface area contributed by atoms with Crippen LogP contribution < -0.4 is 14.5 Å². The minimum Gasteiger partial charge on any atom is -0.372 e. The molecule has 3 aromatic carbocycles. The van der Waals surface area contributed by atoms with Crippen molar-refractivity contribution in [2.45, 2.75) is 44.6 Å². The zero-order valence-electron chi connectivity index (χ0n) is 20.7. The van der Waals surface area contributed by atoms with Gasteiger partial charge in [-0.15, -0.1) is 0 Å². The third-order valence-electron chi connectivity index (χ3n) is 6.47. The Morgan fingerprint density at radius 2 is 1.61 bits per heavy atom. The summed E-state index contributed by atoms with van der Waals surface area (Å²) in [6.07, 6.45) is 3.71. The molecule has 1 heterocycles. The lowest BCUT2D eigenvalue weighted by Crippen LogP contribution is -2.41. The second-order valence-electron chi connectivity index (χ2n) is 9.25. The van der Waals surface area contributed by atoms with Gasteiger partial charge in [-0.2, -0.15) is 0 Å². The van der Waals surface area contributed by atoms with Crippen LogP contribution in [0.1, 0.15) is 36.0 Å². The average molecular weight is 526 g/mol. The number of aryl methyl sites for hydroxylation is 2. The summed E-state index contributed by atoms with van der Waals surface area (Å²) in [5.74, 6) is -0.389. The highest BCUT2D eigenvalue weighted by Gasteiger charge is 2.28. The Balaban J connectivity index is 1.49. The monoisotopic (exact) mass is 525 g/mol. The summed E-state index contributed by atoms with van der Waals surface area (Å²) in [5, 5.41) is 3.38. The predicted molar refractivity (Wildman–Crippen MR) is 146 cm³/mol. The summed E-state index contributed by atoms with van der Waals surface area (Å²) in [7, 11) is -3.98. The molecular formula is C28H32ClN3O3S. The van der Waals surface area contributed by atoms with E-state index in [0.717, 1.165) is 28.5 Å². The second-order valence-corrected chi connectivity index (χ2v) is 11.5. The number of hydrogen-bond acceptors (Lipinski definition) is 4. The van der Waals surface area contributed by atoms with Crippen LogP contribution in [0.5, 0.6) is 0 Å². The molecule has 1 aliphatic heterocycles. The third kappa shape index (κ3) is 6.20. The lowest BCUT2D eigenvalue weighted by molar-refractivity contribution is -0.119. The van der Waals surface area contributed by atoms with Crippen LogP contribution in [0.15, 0.2) is 71.6 Å². The van der Waals surface area contributed by atoms with E-state index in [0.29, 0.717) is 22.8 Å². The Morgan fingerprint density at radius 3 is 2.25 bits per heavy atom. The predicted octanol–water partition coefficient (Wildman–Crippen LogP) is 5.46. The van der Waals surface area contributed by atoms with Crippen LogP contribution in [0.3, 0.4) is 0 Å². The van der Waals surface area contributed by atoms with Crippen LogP contribution in [0, 0.1) is 13.8 Å². The molecule has 0 unspecified atom stereocenters. The van der Waals surface area contributed by atoms with Crippen molar-refractivity contribution in [3.05, 3.63) is 88.4 Å². The minimum absolute atomic E-state index is 0.128. The van der Waals surface area contributed by atoms with Gasteiger partial charge >= 0.3 is 0 Å². The number of halogens is 1. The fourth-order valence-corrected chi connectivity index (χ4v) is 6.11. The Hall–Kier alpha value is -3.03. The van der Waals surface area contributed by atoms with Crippen molar-refractivity contribution < 1.29 is 13.2 Å². The van der Waals surface area contributed by atoms with E-state index in [4.69, 9.17) is 11.6 Å². The number of nitrogens with one attached hydrogen (secondary N) is 1. The normalized spacial score (nSPS) is 13.9. The maximum atomic E-state index is 13.6. The maximum absolute atomic E-state index is 13.6. The van der Waals surface area contributed by atoms with Crippen LogP contribution in [-0.2, 0) is 21.4 Å². The highest BCUT2D eigenvalue weighted by molar-refractivity contribution is 7.92. The molecule has 1 saturated heterocycles. The van der Waals surface area contributed by atoms with Gasteiger partial charge in [-0.05, 0) is 86.7 Å². The molecule has 190 valence electrons. The molecule has 0 saturated carbocycles. The summed E-state index contributed by atoms with van der Waals surface area (Å²) in [6, 6.07) is 19.7. The molecule has 1 amide bonds. The molecule has 0 radical (unpaired) electrons. The van der Waals surface area contributed by atoms with Crippen molar-refractivity contribution >= 4 is 38.9 Å². The number of sulfonamides is 1. The van der Waals surface area contributed by atoms with Gasteiger partial charge in [0, 0.05) is 30.3 Å². The van der Waals surface area contributed by atoms with Gasteiger partial charge in [0.1, 0.15) is 6.54 Å². The van der Waals surface area contributed by atoms with E-state index >= 15 is 0 Å². The summed E-state index contributed by atoms with van der Waals surface area (Å²) >= 11 is 6.10. The maximum Gasteiger partial charge on any atom is 0.264 e. The molecule has 4 rings (SSSR count). The number of carbonyl (C=O) groups excluding carboxylic acids is 1. The topological polar surface area (TPSA) is 69.7 Å². The van der Waals surface area contributed by atoms with Gasteiger partial charge in [0.2, 0.25) is 5.91 Å². The lowest BCUT2D eigenvalue weighted by atomic mass is 10.1. The molecule has 1 N–H and O–H groups in total. The van der Waals surface area contributed by atoms with Gasteiger partial charge in [0.15, 0.2) is 0 Å². The summed E-state index contributed by atoms with van der Waals surface area (Å²) in [4.78, 5) is 15.5. The first-order valence-electron chi connectivity index (χ1n) is 12.2. The summed E-state index contributed by atoms with van der Waals surface area (Å²) in [5.41, 5.74) is 4.19. The number of carbonyl (C=O) groups is 1. The zero-order valence-corrected chi connectivity index (χ0v) is 22.3. The van der Waals surface area contributed by atoms with Gasteiger partial charge < -0.3 is 10.2 Å². The molecule has 3 aromatic rings. The van der Waals surface area contributed by atoms with E-state index < -0.39 is 10.0 Å². The van der Waals surface area contributed by atoms with E-state index in [-0.39, 0.29) is 17.3 Å². The van der Waals surface area contributed by atoms with E-state index in [1.54, 1.807) is 49.4 Å². The summed E-state index contributed by atoms with van der Waals surface area (Å²) in [6.45, 7) is 5.79. The van der Waals surface area contributed by atoms with Crippen LogP contribution >= 0.6 is 11.6 Å². The first kappa shape index (κ1) is 26.0. The van der Waals surface area contributed by atoms with E-state index in [1.165, 1.54) is 24.9 Å². The Morgan fingerprint density at radius 1 is 0.944 bits per heavy atom. The van der Waals surface area contributed by atoms with Crippen LogP contribution in [0.25, 0.3) is 0 Å².